The zero-order valence-electron chi connectivity index (χ0n) is 13.1. The summed E-state index contributed by atoms with van der Waals surface area (Å²) in [6.07, 6.45) is 15.5. The summed E-state index contributed by atoms with van der Waals surface area (Å²) in [7, 11) is 0. The highest BCUT2D eigenvalue weighted by atomic mass is 15.2. The summed E-state index contributed by atoms with van der Waals surface area (Å²) in [6.45, 7) is 3.21. The first kappa shape index (κ1) is 13.9. The van der Waals surface area contributed by atoms with Crippen LogP contribution in [0.25, 0.3) is 5.82 Å². The Hall–Kier alpha value is -1.75. The minimum Gasteiger partial charge on any atom is -0.292 e. The fourth-order valence-electron chi connectivity index (χ4n) is 4.05. The molecule has 5 nitrogen and oxygen atoms in total. The monoisotopic (exact) mass is 297 g/mol. The van der Waals surface area contributed by atoms with Crippen LogP contribution in [0.4, 0.5) is 0 Å². The molecular weight excluding hydrogens is 274 g/mol. The second-order valence-corrected chi connectivity index (χ2v) is 6.48. The molecule has 0 unspecified atom stereocenters. The second-order valence-electron chi connectivity index (χ2n) is 6.48. The third-order valence-corrected chi connectivity index (χ3v) is 5.14. The molecule has 1 saturated carbocycles. The average molecular weight is 297 g/mol. The van der Waals surface area contributed by atoms with Crippen LogP contribution in [0.3, 0.4) is 0 Å². The molecule has 1 saturated heterocycles. The summed E-state index contributed by atoms with van der Waals surface area (Å²) in [5.74, 6) is 1.83. The lowest BCUT2D eigenvalue weighted by atomic mass is 10.1. The van der Waals surface area contributed by atoms with Gasteiger partial charge in [-0.15, -0.1) is 0 Å². The van der Waals surface area contributed by atoms with E-state index in [0.717, 1.165) is 23.4 Å². The van der Waals surface area contributed by atoms with Gasteiger partial charge in [-0.3, -0.25) is 14.5 Å². The van der Waals surface area contributed by atoms with Gasteiger partial charge in [-0.05, 0) is 39.2 Å². The Morgan fingerprint density at radius 2 is 1.95 bits per heavy atom. The van der Waals surface area contributed by atoms with Crippen LogP contribution in [0.15, 0.2) is 24.8 Å². The van der Waals surface area contributed by atoms with E-state index in [1.165, 1.54) is 45.1 Å². The van der Waals surface area contributed by atoms with E-state index < -0.39 is 0 Å². The van der Waals surface area contributed by atoms with E-state index in [1.807, 2.05) is 36.3 Å². The van der Waals surface area contributed by atoms with Crippen LogP contribution in [0.2, 0.25) is 0 Å². The van der Waals surface area contributed by atoms with Crippen LogP contribution >= 0.6 is 0 Å². The highest BCUT2D eigenvalue weighted by Gasteiger charge is 2.34. The van der Waals surface area contributed by atoms with Crippen LogP contribution in [0, 0.1) is 6.92 Å². The molecule has 2 fully saturated rings. The number of aryl methyl sites for hydroxylation is 1. The highest BCUT2D eigenvalue weighted by Crippen LogP contribution is 2.37. The van der Waals surface area contributed by atoms with E-state index in [1.54, 1.807) is 0 Å². The molecule has 0 spiro atoms. The zero-order chi connectivity index (χ0) is 14.9. The Kier molecular flexibility index (Phi) is 3.66. The molecule has 1 atom stereocenters. The van der Waals surface area contributed by atoms with Gasteiger partial charge < -0.3 is 0 Å². The van der Waals surface area contributed by atoms with Crippen LogP contribution < -0.4 is 0 Å². The van der Waals surface area contributed by atoms with Crippen molar-refractivity contribution in [2.45, 2.75) is 57.5 Å². The van der Waals surface area contributed by atoms with Gasteiger partial charge in [-0.25, -0.2) is 9.97 Å². The predicted octanol–water partition coefficient (Wildman–Crippen LogP) is 3.05. The lowest BCUT2D eigenvalue weighted by molar-refractivity contribution is 0.179. The van der Waals surface area contributed by atoms with Crippen molar-refractivity contribution >= 4 is 0 Å². The number of hydrogen-bond donors (Lipinski definition) is 0. The van der Waals surface area contributed by atoms with Crippen molar-refractivity contribution < 1.29 is 0 Å². The molecule has 0 amide bonds. The molecule has 1 aliphatic heterocycles. The molecule has 1 aliphatic carbocycles. The van der Waals surface area contributed by atoms with Gasteiger partial charge in [0.25, 0.3) is 0 Å². The molecule has 2 aromatic heterocycles. The topological polar surface area (TPSA) is 46.8 Å². The maximum Gasteiger partial charge on any atom is 0.156 e. The fourth-order valence-corrected chi connectivity index (χ4v) is 4.05. The molecule has 0 radical (unpaired) electrons. The SMILES string of the molecule is Cc1nccn1-c1cncc([C@@H]2CCCN2C2CCCC2)n1. The number of nitrogens with zero attached hydrogens (tertiary/aromatic N) is 5. The van der Waals surface area contributed by atoms with E-state index in [4.69, 9.17) is 4.98 Å². The smallest absolute Gasteiger partial charge is 0.156 e. The van der Waals surface area contributed by atoms with Crippen molar-refractivity contribution in [2.24, 2.45) is 0 Å². The largest absolute Gasteiger partial charge is 0.292 e. The first-order valence-electron chi connectivity index (χ1n) is 8.41. The number of imidazole rings is 1. The molecule has 0 aromatic carbocycles. The molecule has 5 heteroatoms. The Balaban J connectivity index is 1.63. The molecule has 0 N–H and O–H groups in total. The normalized spacial score (nSPS) is 23.4. The third-order valence-electron chi connectivity index (χ3n) is 5.14. The summed E-state index contributed by atoms with van der Waals surface area (Å²) in [6, 6.07) is 1.20. The first-order valence-corrected chi connectivity index (χ1v) is 8.41. The zero-order valence-corrected chi connectivity index (χ0v) is 13.1. The molecular formula is C17H23N5. The van der Waals surface area contributed by atoms with Crippen molar-refractivity contribution in [2.75, 3.05) is 6.54 Å². The van der Waals surface area contributed by atoms with E-state index >= 15 is 0 Å². The molecule has 4 rings (SSSR count). The van der Waals surface area contributed by atoms with Crippen molar-refractivity contribution in [3.8, 4) is 5.82 Å². The van der Waals surface area contributed by atoms with E-state index in [9.17, 15) is 0 Å². The van der Waals surface area contributed by atoms with Gasteiger partial charge in [0.05, 0.1) is 24.1 Å². The number of likely N-dealkylation sites (tertiary alicyclic amines) is 1. The maximum atomic E-state index is 4.90. The van der Waals surface area contributed by atoms with Crippen molar-refractivity contribution in [1.82, 2.24) is 24.4 Å². The lowest BCUT2D eigenvalue weighted by Crippen LogP contribution is -2.33. The van der Waals surface area contributed by atoms with Gasteiger partial charge in [0, 0.05) is 18.4 Å². The van der Waals surface area contributed by atoms with Gasteiger partial charge in [-0.2, -0.15) is 0 Å². The highest BCUT2D eigenvalue weighted by molar-refractivity contribution is 5.23. The van der Waals surface area contributed by atoms with Crippen LogP contribution in [0.5, 0.6) is 0 Å². The van der Waals surface area contributed by atoms with E-state index in [2.05, 4.69) is 14.9 Å². The molecule has 3 heterocycles. The van der Waals surface area contributed by atoms with Crippen molar-refractivity contribution in [1.29, 1.82) is 0 Å². The van der Waals surface area contributed by atoms with E-state index in [0.29, 0.717) is 6.04 Å². The average Bonchev–Trinajstić information content (AvgIpc) is 3.28. The van der Waals surface area contributed by atoms with Gasteiger partial charge >= 0.3 is 0 Å². The Labute approximate surface area is 131 Å². The van der Waals surface area contributed by atoms with Gasteiger partial charge in [0.15, 0.2) is 5.82 Å². The van der Waals surface area contributed by atoms with Crippen molar-refractivity contribution in [3.05, 3.63) is 36.3 Å². The van der Waals surface area contributed by atoms with Crippen LogP contribution in [0.1, 0.15) is 56.1 Å². The number of aromatic nitrogens is 4. The van der Waals surface area contributed by atoms with Crippen LogP contribution in [-0.2, 0) is 0 Å². The Morgan fingerprint density at radius 1 is 1.09 bits per heavy atom. The van der Waals surface area contributed by atoms with Gasteiger partial charge in [0.2, 0.25) is 0 Å². The quantitative estimate of drug-likeness (QED) is 0.873. The van der Waals surface area contributed by atoms with Crippen molar-refractivity contribution in [3.63, 3.8) is 0 Å². The lowest BCUT2D eigenvalue weighted by Gasteiger charge is -2.30. The maximum absolute atomic E-state index is 4.90. The summed E-state index contributed by atoms with van der Waals surface area (Å²) in [5, 5.41) is 0. The first-order chi connectivity index (χ1) is 10.8. The van der Waals surface area contributed by atoms with Gasteiger partial charge in [-0.1, -0.05) is 12.8 Å². The number of rotatable bonds is 3. The summed E-state index contributed by atoms with van der Waals surface area (Å²) in [5.41, 5.74) is 1.12. The molecule has 22 heavy (non-hydrogen) atoms. The summed E-state index contributed by atoms with van der Waals surface area (Å²) >= 11 is 0. The molecule has 0 bridgehead atoms. The Bertz CT molecular complexity index is 644. The van der Waals surface area contributed by atoms with Gasteiger partial charge in [0.1, 0.15) is 5.82 Å². The minimum absolute atomic E-state index is 0.444. The number of hydrogen-bond acceptors (Lipinski definition) is 4. The second kappa shape index (κ2) is 5.80. The predicted molar refractivity (Wildman–Crippen MR) is 84.8 cm³/mol. The molecule has 2 aromatic rings. The third kappa shape index (κ3) is 2.43. The van der Waals surface area contributed by atoms with Crippen LogP contribution in [-0.4, -0.2) is 37.0 Å². The summed E-state index contributed by atoms with van der Waals surface area (Å²) in [4.78, 5) is 16.3. The summed E-state index contributed by atoms with van der Waals surface area (Å²) < 4.78 is 2.01. The molecule has 116 valence electrons. The minimum atomic E-state index is 0.444. The van der Waals surface area contributed by atoms with E-state index in [-0.39, 0.29) is 0 Å². The Morgan fingerprint density at radius 3 is 2.73 bits per heavy atom. The fraction of sp³-hybridized carbons (Fsp3) is 0.588. The molecule has 2 aliphatic rings. The standard InChI is InChI=1S/C17H23N5/c1-13-19-8-10-21(13)17-12-18-11-15(20-17)16-7-4-9-22(16)14-5-2-3-6-14/h8,10-12,14,16H,2-7,9H2,1H3/t16-/m0/s1.